The van der Waals surface area contributed by atoms with Gasteiger partial charge < -0.3 is 4.74 Å². The van der Waals surface area contributed by atoms with E-state index in [1.54, 1.807) is 0 Å². The van der Waals surface area contributed by atoms with Crippen molar-refractivity contribution in [2.75, 3.05) is 0 Å². The summed E-state index contributed by atoms with van der Waals surface area (Å²) in [5, 5.41) is 0. The summed E-state index contributed by atoms with van der Waals surface area (Å²) in [5.74, 6) is -143. The first-order valence-corrected chi connectivity index (χ1v) is 17.9. The van der Waals surface area contributed by atoms with Crippen LogP contribution in [0, 0.1) is 0 Å². The molecular weight excluding hydrogens is 1450 g/mol. The zero-order valence-corrected chi connectivity index (χ0v) is 36.3. The SMILES string of the molecule is FC(F)(F)C(F)(F)C(F)(F)C(F)(F)C(F)(F)C(F)(F)C(F)(C(F)(C(F)(F)F)C(F)(F)F)C(OC(C(F)(F)F)(C(F)(F)C(F)(F)F)C(F)(C(F)(F)C(F)(F)C(F)(F)C(F)(F)C(F)(F)C(F)(F)F)C(F)(C(F)(F)F)C(F)(F)F)(C(F)(F)F)C(F)(F)C(F)(F)F. The van der Waals surface area contributed by atoms with E-state index in [-0.39, 0.29) is 0 Å². The fourth-order valence-corrected chi connectivity index (χ4v) is 6.63. The van der Waals surface area contributed by atoms with Gasteiger partial charge in [0.25, 0.3) is 22.5 Å². The first kappa shape index (κ1) is 82.9. The average molecular weight is 1450 g/mol. The number of alkyl halides is 58. The van der Waals surface area contributed by atoms with Gasteiger partial charge in [0.15, 0.2) is 0 Å². The van der Waals surface area contributed by atoms with E-state index in [0.717, 1.165) is 0 Å². The van der Waals surface area contributed by atoms with Gasteiger partial charge in [-0.15, -0.1) is 0 Å². The van der Waals surface area contributed by atoms with Crippen LogP contribution >= 0.6 is 0 Å². The summed E-state index contributed by atoms with van der Waals surface area (Å²) in [6.45, 7) is 0. The van der Waals surface area contributed by atoms with Crippen LogP contribution in [-0.2, 0) is 4.74 Å². The molecule has 87 heavy (non-hydrogen) atoms. The molecule has 0 aromatic heterocycles. The van der Waals surface area contributed by atoms with Gasteiger partial charge in [-0.3, -0.25) is 0 Å². The third kappa shape index (κ3) is 9.40. The summed E-state index contributed by atoms with van der Waals surface area (Å²) in [5.41, 5.74) is -82.1. The minimum absolute atomic E-state index is 0.824. The highest BCUT2D eigenvalue weighted by Crippen LogP contribution is 2.80. The zero-order chi connectivity index (χ0) is 72.7. The molecule has 0 aromatic rings. The fourth-order valence-electron chi connectivity index (χ4n) is 6.63. The van der Waals surface area contributed by atoms with Crippen LogP contribution in [0.5, 0.6) is 0 Å². The van der Waals surface area contributed by atoms with Gasteiger partial charge in [0.1, 0.15) is 0 Å². The molecular formula is C28F58O. The fraction of sp³-hybridized carbons (Fsp3) is 1.00. The maximum atomic E-state index is 17.1. The van der Waals surface area contributed by atoms with Crippen molar-refractivity contribution in [1.29, 1.82) is 0 Å². The Morgan fingerprint density at radius 2 is 0.230 bits per heavy atom. The van der Waals surface area contributed by atoms with Gasteiger partial charge in [0, 0.05) is 0 Å². The molecule has 0 bridgehead atoms. The number of rotatable bonds is 18. The summed E-state index contributed by atoms with van der Waals surface area (Å²) in [6, 6.07) is 0. The summed E-state index contributed by atoms with van der Waals surface area (Å²) in [7, 11) is 0. The number of hydrogen-bond donors (Lipinski definition) is 0. The second kappa shape index (κ2) is 19.7. The molecule has 0 heterocycles. The molecule has 4 unspecified atom stereocenters. The average Bonchev–Trinajstić information content (AvgIpc) is 3.20. The van der Waals surface area contributed by atoms with Crippen molar-refractivity contribution < 1.29 is 259 Å². The van der Waals surface area contributed by atoms with Gasteiger partial charge >= 0.3 is 144 Å². The lowest BCUT2D eigenvalue weighted by Gasteiger charge is -2.62. The molecule has 0 saturated carbocycles. The minimum Gasteiger partial charge on any atom is -0.332 e. The summed E-state index contributed by atoms with van der Waals surface area (Å²) in [6.07, 6.45) is -113. The predicted octanol–water partition coefficient (Wildman–Crippen LogP) is 18.6. The lowest BCUT2D eigenvalue weighted by Crippen LogP contribution is -2.96. The van der Waals surface area contributed by atoms with Crippen molar-refractivity contribution >= 4 is 0 Å². The van der Waals surface area contributed by atoms with Crippen LogP contribution in [0.1, 0.15) is 0 Å². The first-order valence-electron chi connectivity index (χ1n) is 17.9. The van der Waals surface area contributed by atoms with Gasteiger partial charge in [-0.2, -0.15) is 237 Å². The van der Waals surface area contributed by atoms with E-state index in [2.05, 4.69) is 0 Å². The molecule has 0 fully saturated rings. The Hall–Kier alpha value is -4.10. The Morgan fingerprint density at radius 3 is 0.345 bits per heavy atom. The Kier molecular flexibility index (Phi) is 18.8. The lowest BCUT2D eigenvalue weighted by atomic mass is 9.59. The van der Waals surface area contributed by atoms with Gasteiger partial charge in [-0.1, -0.05) is 0 Å². The Morgan fingerprint density at radius 1 is 0.103 bits per heavy atom. The van der Waals surface area contributed by atoms with Crippen molar-refractivity contribution in [2.24, 2.45) is 0 Å². The Bertz CT molecular complexity index is 2240. The standard InChI is InChI=1S/C28F58O/c29-1(3(31,19(57,58)59)20(60,61)62,7(33,34)11(41,42)13(45,46)15(49,50)17(53,54)27(81,82)83)5(23(69,70)71,9(37,38)25(75,76)77)87-6(24(72,73)74,10(39,40)26(78,79)80)2(30,4(32,21(63,64)65)22(66,67)68)8(35,36)12(43,44)14(47,48)16(51,52)18(55,56)28(84,85)86. The molecule has 0 N–H and O–H groups in total. The van der Waals surface area contributed by atoms with Crippen LogP contribution in [-0.4, -0.2) is 167 Å². The predicted molar refractivity (Wildman–Crippen MR) is 142 cm³/mol. The minimum atomic E-state index is -14.1. The van der Waals surface area contributed by atoms with E-state index in [9.17, 15) is 158 Å². The highest BCUT2D eigenvalue weighted by atomic mass is 19.5. The van der Waals surface area contributed by atoms with Crippen molar-refractivity contribution in [3.63, 3.8) is 0 Å². The Labute approximate surface area is 427 Å². The molecule has 0 saturated heterocycles. The molecule has 4 atom stereocenters. The van der Waals surface area contributed by atoms with Crippen LogP contribution in [0.3, 0.4) is 0 Å². The molecule has 59 heteroatoms. The van der Waals surface area contributed by atoms with Crippen molar-refractivity contribution in [3.05, 3.63) is 0 Å². The number of ether oxygens (including phenoxy) is 1. The van der Waals surface area contributed by atoms with Crippen LogP contribution in [0.4, 0.5) is 255 Å². The van der Waals surface area contributed by atoms with Crippen LogP contribution in [0.15, 0.2) is 0 Å². The maximum Gasteiger partial charge on any atom is 0.460 e. The van der Waals surface area contributed by atoms with E-state index in [1.165, 1.54) is 0 Å². The third-order valence-corrected chi connectivity index (χ3v) is 10.9. The molecule has 0 aliphatic rings. The van der Waals surface area contributed by atoms with E-state index in [4.69, 9.17) is 0 Å². The second-order valence-corrected chi connectivity index (χ2v) is 16.0. The summed E-state index contributed by atoms with van der Waals surface area (Å²) >= 11 is 0. The first-order chi connectivity index (χ1) is 36.2. The number of halogens is 58. The Balaban J connectivity index is 12.8. The summed E-state index contributed by atoms with van der Waals surface area (Å²) in [4.78, 5) is 0. The van der Waals surface area contributed by atoms with Crippen LogP contribution in [0.2, 0.25) is 0 Å². The van der Waals surface area contributed by atoms with E-state index < -0.39 is 171 Å². The highest BCUT2D eigenvalue weighted by molar-refractivity contribution is 5.39. The monoisotopic (exact) mass is 1450 g/mol. The normalized spacial score (nSPS) is 19.8. The molecule has 0 amide bonds. The van der Waals surface area contributed by atoms with Gasteiger partial charge in [-0.25, -0.2) is 17.6 Å². The summed E-state index contributed by atoms with van der Waals surface area (Å²) < 4.78 is 840. The van der Waals surface area contributed by atoms with Crippen molar-refractivity contribution in [3.8, 4) is 0 Å². The number of hydrogen-bond acceptors (Lipinski definition) is 1. The maximum absolute atomic E-state index is 17.1. The highest BCUT2D eigenvalue weighted by Gasteiger charge is 3.13. The molecule has 0 rings (SSSR count). The molecule has 0 aliphatic heterocycles. The lowest BCUT2D eigenvalue weighted by molar-refractivity contribution is -0.575. The molecule has 0 spiro atoms. The largest absolute Gasteiger partial charge is 0.460 e. The molecule has 1 nitrogen and oxygen atoms in total. The second-order valence-electron chi connectivity index (χ2n) is 16.0. The van der Waals surface area contributed by atoms with Gasteiger partial charge in [0.05, 0.1) is 0 Å². The van der Waals surface area contributed by atoms with Crippen molar-refractivity contribution in [2.45, 2.75) is 167 Å². The van der Waals surface area contributed by atoms with Gasteiger partial charge in [0.2, 0.25) is 0 Å². The van der Waals surface area contributed by atoms with Crippen LogP contribution < -0.4 is 0 Å². The molecule has 0 aliphatic carbocycles. The zero-order valence-electron chi connectivity index (χ0n) is 36.3. The van der Waals surface area contributed by atoms with E-state index in [0.29, 0.717) is 0 Å². The quantitative estimate of drug-likeness (QED) is 0.124. The van der Waals surface area contributed by atoms with Gasteiger partial charge in [-0.05, 0) is 0 Å². The molecule has 0 aromatic carbocycles. The van der Waals surface area contributed by atoms with E-state index in [1.807, 2.05) is 0 Å². The third-order valence-electron chi connectivity index (χ3n) is 10.9. The molecule has 524 valence electrons. The molecule has 0 radical (unpaired) electrons. The van der Waals surface area contributed by atoms with Crippen molar-refractivity contribution in [1.82, 2.24) is 0 Å². The smallest absolute Gasteiger partial charge is 0.332 e. The van der Waals surface area contributed by atoms with E-state index >= 15 is 96.6 Å². The van der Waals surface area contributed by atoms with Crippen LogP contribution in [0.25, 0.3) is 0 Å². The topological polar surface area (TPSA) is 9.23 Å².